The SMILES string of the molecule is CCCCCc1c(C(=O)Nc2ccccc2C)c(=O)cc(C)n1Cc1ccc(C)cc1. The topological polar surface area (TPSA) is 51.1 Å². The Kier molecular flexibility index (Phi) is 7.45. The van der Waals surface area contributed by atoms with Crippen LogP contribution in [-0.4, -0.2) is 10.5 Å². The van der Waals surface area contributed by atoms with Gasteiger partial charge in [-0.25, -0.2) is 0 Å². The number of carbonyl (C=O) groups is 1. The van der Waals surface area contributed by atoms with Gasteiger partial charge >= 0.3 is 0 Å². The fourth-order valence-electron chi connectivity index (χ4n) is 3.87. The summed E-state index contributed by atoms with van der Waals surface area (Å²) < 4.78 is 2.13. The highest BCUT2D eigenvalue weighted by Crippen LogP contribution is 2.19. The minimum Gasteiger partial charge on any atom is -0.343 e. The van der Waals surface area contributed by atoms with Crippen molar-refractivity contribution in [3.05, 3.63) is 98.5 Å². The number of unbranched alkanes of at least 4 members (excludes halogenated alkanes) is 2. The number of para-hydroxylation sites is 1. The zero-order chi connectivity index (χ0) is 22.4. The molecule has 0 aliphatic rings. The summed E-state index contributed by atoms with van der Waals surface area (Å²) in [6, 6.07) is 17.6. The number of pyridine rings is 1. The molecule has 4 heteroatoms. The Labute approximate surface area is 184 Å². The van der Waals surface area contributed by atoms with E-state index in [0.29, 0.717) is 13.0 Å². The molecular weight excluding hydrogens is 384 g/mol. The smallest absolute Gasteiger partial charge is 0.261 e. The van der Waals surface area contributed by atoms with Crippen LogP contribution in [0.25, 0.3) is 0 Å². The van der Waals surface area contributed by atoms with Crippen molar-refractivity contribution in [1.29, 1.82) is 0 Å². The molecule has 1 aromatic heterocycles. The highest BCUT2D eigenvalue weighted by Gasteiger charge is 2.21. The van der Waals surface area contributed by atoms with Crippen LogP contribution in [-0.2, 0) is 13.0 Å². The zero-order valence-corrected chi connectivity index (χ0v) is 19.0. The van der Waals surface area contributed by atoms with Crippen LogP contribution in [0.15, 0.2) is 59.4 Å². The molecule has 31 heavy (non-hydrogen) atoms. The van der Waals surface area contributed by atoms with E-state index in [1.165, 1.54) is 5.56 Å². The average Bonchev–Trinajstić information content (AvgIpc) is 2.73. The monoisotopic (exact) mass is 416 g/mol. The summed E-state index contributed by atoms with van der Waals surface area (Å²) >= 11 is 0. The molecular formula is C27H32N2O2. The van der Waals surface area contributed by atoms with Gasteiger partial charge in [-0.15, -0.1) is 0 Å². The van der Waals surface area contributed by atoms with Crippen molar-refractivity contribution in [2.45, 2.75) is 59.9 Å². The summed E-state index contributed by atoms with van der Waals surface area (Å²) in [7, 11) is 0. The quantitative estimate of drug-likeness (QED) is 0.471. The number of nitrogens with zero attached hydrogens (tertiary/aromatic N) is 1. The average molecular weight is 417 g/mol. The lowest BCUT2D eigenvalue weighted by Gasteiger charge is -2.21. The van der Waals surface area contributed by atoms with E-state index < -0.39 is 0 Å². The number of hydrogen-bond acceptors (Lipinski definition) is 2. The summed E-state index contributed by atoms with van der Waals surface area (Å²) in [4.78, 5) is 26.3. The van der Waals surface area contributed by atoms with Gasteiger partial charge in [0.25, 0.3) is 5.91 Å². The van der Waals surface area contributed by atoms with Gasteiger partial charge in [-0.05, 0) is 50.8 Å². The van der Waals surface area contributed by atoms with E-state index in [2.05, 4.69) is 48.0 Å². The van der Waals surface area contributed by atoms with Gasteiger partial charge in [0.1, 0.15) is 5.56 Å². The molecule has 3 rings (SSSR count). The lowest BCUT2D eigenvalue weighted by atomic mass is 10.0. The van der Waals surface area contributed by atoms with Gasteiger partial charge in [-0.2, -0.15) is 0 Å². The molecule has 0 spiro atoms. The maximum atomic E-state index is 13.3. The number of aryl methyl sites for hydroxylation is 3. The summed E-state index contributed by atoms with van der Waals surface area (Å²) in [5.74, 6) is -0.330. The van der Waals surface area contributed by atoms with Crippen LogP contribution >= 0.6 is 0 Å². The molecule has 0 unspecified atom stereocenters. The van der Waals surface area contributed by atoms with Gasteiger partial charge in [0, 0.05) is 29.7 Å². The number of rotatable bonds is 8. The molecule has 0 atom stereocenters. The predicted octanol–water partition coefficient (Wildman–Crippen LogP) is 5.81. The molecule has 3 aromatic rings. The van der Waals surface area contributed by atoms with E-state index in [1.54, 1.807) is 6.07 Å². The van der Waals surface area contributed by atoms with Crippen molar-refractivity contribution in [2.24, 2.45) is 0 Å². The van der Waals surface area contributed by atoms with Gasteiger partial charge < -0.3 is 9.88 Å². The molecule has 1 N–H and O–H groups in total. The summed E-state index contributed by atoms with van der Waals surface area (Å²) in [5.41, 5.74) is 5.82. The van der Waals surface area contributed by atoms with Gasteiger partial charge in [0.2, 0.25) is 0 Å². The maximum absolute atomic E-state index is 13.3. The van der Waals surface area contributed by atoms with Crippen molar-refractivity contribution in [3.63, 3.8) is 0 Å². The Bertz CT molecular complexity index is 1110. The Balaban J connectivity index is 2.05. The Morgan fingerprint density at radius 3 is 2.35 bits per heavy atom. The zero-order valence-electron chi connectivity index (χ0n) is 19.0. The van der Waals surface area contributed by atoms with E-state index in [4.69, 9.17) is 0 Å². The third-order valence-electron chi connectivity index (χ3n) is 5.73. The molecule has 0 bridgehead atoms. The Hall–Kier alpha value is -3.14. The maximum Gasteiger partial charge on any atom is 0.261 e. The van der Waals surface area contributed by atoms with Crippen LogP contribution in [0.2, 0.25) is 0 Å². The number of aromatic nitrogens is 1. The standard InChI is InChI=1S/C27H32N2O2/c1-5-6-7-12-24-26(27(31)28-23-11-9-8-10-20(23)3)25(30)17-21(4)29(24)18-22-15-13-19(2)14-16-22/h8-11,13-17H,5-7,12,18H2,1-4H3,(H,28,31). The van der Waals surface area contributed by atoms with Crippen LogP contribution < -0.4 is 10.7 Å². The third-order valence-corrected chi connectivity index (χ3v) is 5.73. The van der Waals surface area contributed by atoms with Crippen molar-refractivity contribution in [3.8, 4) is 0 Å². The van der Waals surface area contributed by atoms with Gasteiger partial charge in [-0.1, -0.05) is 67.8 Å². The van der Waals surface area contributed by atoms with Crippen molar-refractivity contribution >= 4 is 11.6 Å². The molecule has 2 aromatic carbocycles. The third kappa shape index (κ3) is 5.52. The lowest BCUT2D eigenvalue weighted by Crippen LogP contribution is -2.29. The fraction of sp³-hybridized carbons (Fsp3) is 0.333. The summed E-state index contributed by atoms with van der Waals surface area (Å²) in [6.45, 7) is 8.75. The number of anilines is 1. The molecule has 0 radical (unpaired) electrons. The number of benzene rings is 2. The lowest BCUT2D eigenvalue weighted by molar-refractivity contribution is 0.102. The van der Waals surface area contributed by atoms with E-state index in [-0.39, 0.29) is 16.9 Å². The van der Waals surface area contributed by atoms with E-state index in [1.807, 2.05) is 38.1 Å². The van der Waals surface area contributed by atoms with Crippen LogP contribution in [0.4, 0.5) is 5.69 Å². The molecule has 0 aliphatic carbocycles. The highest BCUT2D eigenvalue weighted by atomic mass is 16.2. The molecule has 1 heterocycles. The predicted molar refractivity (Wildman–Crippen MR) is 128 cm³/mol. The molecule has 0 saturated heterocycles. The van der Waals surface area contributed by atoms with E-state index in [9.17, 15) is 9.59 Å². The molecule has 162 valence electrons. The first-order valence-electron chi connectivity index (χ1n) is 11.1. The van der Waals surface area contributed by atoms with Crippen LogP contribution in [0.5, 0.6) is 0 Å². The summed E-state index contributed by atoms with van der Waals surface area (Å²) in [6.07, 6.45) is 3.79. The largest absolute Gasteiger partial charge is 0.343 e. The highest BCUT2D eigenvalue weighted by molar-refractivity contribution is 6.05. The normalized spacial score (nSPS) is 10.8. The minimum atomic E-state index is -0.330. The number of hydrogen-bond donors (Lipinski definition) is 1. The summed E-state index contributed by atoms with van der Waals surface area (Å²) in [5, 5.41) is 2.96. The minimum absolute atomic E-state index is 0.213. The first kappa shape index (κ1) is 22.5. The van der Waals surface area contributed by atoms with E-state index in [0.717, 1.165) is 47.5 Å². The second-order valence-electron chi connectivity index (χ2n) is 8.27. The van der Waals surface area contributed by atoms with Gasteiger partial charge in [0.05, 0.1) is 0 Å². The van der Waals surface area contributed by atoms with E-state index >= 15 is 0 Å². The number of carbonyl (C=O) groups excluding carboxylic acids is 1. The van der Waals surface area contributed by atoms with Gasteiger partial charge in [0.15, 0.2) is 5.43 Å². The van der Waals surface area contributed by atoms with Crippen LogP contribution in [0.3, 0.4) is 0 Å². The number of nitrogens with one attached hydrogen (secondary N) is 1. The van der Waals surface area contributed by atoms with Crippen LogP contribution in [0, 0.1) is 20.8 Å². The second-order valence-corrected chi connectivity index (χ2v) is 8.27. The Morgan fingerprint density at radius 1 is 0.968 bits per heavy atom. The molecule has 0 aliphatic heterocycles. The molecule has 1 amide bonds. The van der Waals surface area contributed by atoms with Crippen molar-refractivity contribution in [2.75, 3.05) is 5.32 Å². The molecule has 0 saturated carbocycles. The Morgan fingerprint density at radius 2 is 1.68 bits per heavy atom. The van der Waals surface area contributed by atoms with Gasteiger partial charge in [-0.3, -0.25) is 9.59 Å². The van der Waals surface area contributed by atoms with Crippen molar-refractivity contribution in [1.82, 2.24) is 4.57 Å². The first-order valence-corrected chi connectivity index (χ1v) is 11.1. The molecule has 0 fully saturated rings. The van der Waals surface area contributed by atoms with Crippen molar-refractivity contribution < 1.29 is 4.79 Å². The first-order chi connectivity index (χ1) is 14.9. The second kappa shape index (κ2) is 10.3. The fourth-order valence-corrected chi connectivity index (χ4v) is 3.87. The van der Waals surface area contributed by atoms with Crippen LogP contribution in [0.1, 0.15) is 64.6 Å². The number of amides is 1. The molecule has 4 nitrogen and oxygen atoms in total.